The van der Waals surface area contributed by atoms with Gasteiger partial charge >= 0.3 is 25.3 Å². The Morgan fingerprint density at radius 3 is 2.33 bits per heavy atom. The molecule has 1 aromatic rings. The van der Waals surface area contributed by atoms with Gasteiger partial charge in [-0.2, -0.15) is 4.98 Å². The van der Waals surface area contributed by atoms with Crippen molar-refractivity contribution in [3.8, 4) is 0 Å². The van der Waals surface area contributed by atoms with Gasteiger partial charge in [0.15, 0.2) is 12.4 Å². The van der Waals surface area contributed by atoms with Crippen molar-refractivity contribution >= 4 is 25.5 Å². The largest absolute Gasteiger partial charge is 0.477 e. The molecule has 2 aliphatic heterocycles. The average molecular weight is 780 g/mol. The number of hydrogen-bond donors (Lipinski definition) is 11. The monoisotopic (exact) mass is 779 g/mol. The summed E-state index contributed by atoms with van der Waals surface area (Å²) in [4.78, 5) is 51.0. The van der Waals surface area contributed by atoms with Gasteiger partial charge in [-0.05, 0) is 6.07 Å². The smallest absolute Gasteiger partial charge is 0.475 e. The molecule has 298 valence electrons. The van der Waals surface area contributed by atoms with Crippen molar-refractivity contribution in [2.75, 3.05) is 65.1 Å². The third kappa shape index (κ3) is 10.9. The Hall–Kier alpha value is -2.82. The van der Waals surface area contributed by atoms with Gasteiger partial charge in [0.2, 0.25) is 5.91 Å². The topological polar surface area (TPSA) is 377 Å². The summed E-state index contributed by atoms with van der Waals surface area (Å²) < 4.78 is 64.7. The van der Waals surface area contributed by atoms with Crippen LogP contribution in [0, 0.1) is 0 Å². The van der Waals surface area contributed by atoms with Gasteiger partial charge in [-0.25, -0.2) is 23.1 Å². The van der Waals surface area contributed by atoms with Gasteiger partial charge in [-0.15, -0.1) is 0 Å². The summed E-state index contributed by atoms with van der Waals surface area (Å²) >= 11 is 0. The Morgan fingerprint density at radius 1 is 1.10 bits per heavy atom. The number of anilines is 1. The molecule has 3 heterocycles. The summed E-state index contributed by atoms with van der Waals surface area (Å²) in [6.45, 7) is -2.13. The minimum atomic E-state index is -5.87. The number of aliphatic hydroxyl groups excluding tert-OH is 6. The molecule has 0 bridgehead atoms. The van der Waals surface area contributed by atoms with Crippen LogP contribution >= 0.6 is 7.82 Å². The number of halogens is 1. The molecule has 2 aliphatic rings. The third-order valence-corrected chi connectivity index (χ3v) is 8.57. The van der Waals surface area contributed by atoms with E-state index in [-0.39, 0.29) is 32.2 Å². The number of carbonyl (C=O) groups is 2. The first kappa shape index (κ1) is 43.6. The highest BCUT2D eigenvalue weighted by Crippen LogP contribution is 2.52. The molecule has 0 spiro atoms. The molecule has 2 saturated heterocycles. The van der Waals surface area contributed by atoms with Gasteiger partial charge in [-0.1, -0.05) is 0 Å². The molecule has 13 N–H and O–H groups in total. The van der Waals surface area contributed by atoms with Crippen molar-refractivity contribution in [1.29, 1.82) is 0 Å². The predicted octanol–water partition coefficient (Wildman–Crippen LogP) is -6.34. The van der Waals surface area contributed by atoms with Crippen LogP contribution in [0.1, 0.15) is 6.23 Å². The number of ether oxygens (including phenoxy) is 5. The Bertz CT molecular complexity index is 1430. The molecule has 26 heteroatoms. The van der Waals surface area contributed by atoms with Crippen molar-refractivity contribution in [3.63, 3.8) is 0 Å². The maximum Gasteiger partial charge on any atom is 0.475 e. The van der Waals surface area contributed by atoms with Gasteiger partial charge < -0.3 is 81.1 Å². The molecule has 1 aromatic heterocycles. The lowest BCUT2D eigenvalue weighted by Crippen LogP contribution is -2.73. The zero-order valence-corrected chi connectivity index (χ0v) is 28.1. The van der Waals surface area contributed by atoms with Crippen LogP contribution in [0.5, 0.6) is 0 Å². The van der Waals surface area contributed by atoms with E-state index in [9.17, 15) is 59.6 Å². The van der Waals surface area contributed by atoms with E-state index in [1.165, 1.54) is 0 Å². The number of rotatable bonds is 21. The van der Waals surface area contributed by atoms with E-state index in [2.05, 4.69) is 14.8 Å². The van der Waals surface area contributed by atoms with Gasteiger partial charge in [0, 0.05) is 12.7 Å². The number of carbonyl (C=O) groups excluding carboxylic acids is 1. The van der Waals surface area contributed by atoms with Gasteiger partial charge in [0.05, 0.1) is 52.3 Å². The first-order valence-electron chi connectivity index (χ1n) is 15.5. The van der Waals surface area contributed by atoms with E-state index in [4.69, 9.17) is 39.7 Å². The number of phosphoric acid groups is 1. The van der Waals surface area contributed by atoms with Crippen LogP contribution in [0.15, 0.2) is 17.1 Å². The first-order chi connectivity index (χ1) is 24.5. The zero-order chi connectivity index (χ0) is 38.8. The Balaban J connectivity index is 1.71. The van der Waals surface area contributed by atoms with Crippen LogP contribution in [0.2, 0.25) is 0 Å². The standard InChI is InChI=1S/C26H43FN5O19P/c27-22-19(38)16(31-15(35)11-47-8-7-46-6-5-45-4-2-28)21(17(36)12(34)9-33)50-26(22,24(40)41)51-52(43,44)48-10-13-18(37)20(39)23(49-13)32-3-1-14(29)30-25(32)42/h1,3,12-13,16-23,33-34,36-39H,2,4-11,28H2,(H,31,35)(H,40,41)(H,43,44)(H2,29,30,42)/t12-,13-,16-,17-,18-,19-,20-,21-,22-,23-,26-/m1/s1. The minimum Gasteiger partial charge on any atom is -0.477 e. The fourth-order valence-electron chi connectivity index (χ4n) is 4.99. The molecule has 52 heavy (non-hydrogen) atoms. The second-order valence-corrected chi connectivity index (χ2v) is 12.7. The van der Waals surface area contributed by atoms with Crippen molar-refractivity contribution in [1.82, 2.24) is 14.9 Å². The molecular weight excluding hydrogens is 736 g/mol. The molecule has 0 aromatic carbocycles. The highest BCUT2D eigenvalue weighted by Gasteiger charge is 2.65. The number of aromatic nitrogens is 2. The zero-order valence-electron chi connectivity index (χ0n) is 27.2. The molecule has 24 nitrogen and oxygen atoms in total. The molecule has 0 radical (unpaired) electrons. The molecule has 0 saturated carbocycles. The van der Waals surface area contributed by atoms with E-state index in [1.54, 1.807) is 0 Å². The number of nitrogens with one attached hydrogen (secondary N) is 1. The summed E-state index contributed by atoms with van der Waals surface area (Å²) in [6.07, 6.45) is -19.0. The number of hydrogen-bond acceptors (Lipinski definition) is 20. The average Bonchev–Trinajstić information content (AvgIpc) is 3.37. The van der Waals surface area contributed by atoms with Crippen LogP contribution < -0.4 is 22.5 Å². The van der Waals surface area contributed by atoms with E-state index in [0.29, 0.717) is 13.2 Å². The van der Waals surface area contributed by atoms with Gasteiger partial charge in [-0.3, -0.25) is 13.9 Å². The number of carboxylic acids is 1. The third-order valence-electron chi connectivity index (χ3n) is 7.59. The van der Waals surface area contributed by atoms with Crippen LogP contribution in [-0.4, -0.2) is 182 Å². The van der Waals surface area contributed by atoms with Gasteiger partial charge in [0.25, 0.3) is 0 Å². The molecule has 3 rings (SSSR count). The van der Waals surface area contributed by atoms with Crippen molar-refractivity contribution in [2.45, 2.75) is 67.0 Å². The minimum absolute atomic E-state index is 0.0138. The number of amides is 1. The lowest BCUT2D eigenvalue weighted by atomic mass is 9.87. The predicted molar refractivity (Wildman–Crippen MR) is 164 cm³/mol. The van der Waals surface area contributed by atoms with Crippen LogP contribution in [0.25, 0.3) is 0 Å². The second kappa shape index (κ2) is 19.5. The number of phosphoric ester groups is 1. The highest BCUT2D eigenvalue weighted by atomic mass is 31.2. The Labute approximate surface area is 293 Å². The van der Waals surface area contributed by atoms with Crippen molar-refractivity contribution < 1.29 is 91.9 Å². The fraction of sp³-hybridized carbons (Fsp3) is 0.769. The highest BCUT2D eigenvalue weighted by molar-refractivity contribution is 7.47. The van der Waals surface area contributed by atoms with Crippen LogP contribution in [0.4, 0.5) is 10.2 Å². The van der Waals surface area contributed by atoms with E-state index < -0.39 is 112 Å². The van der Waals surface area contributed by atoms with Crippen molar-refractivity contribution in [3.05, 3.63) is 22.7 Å². The second-order valence-electron chi connectivity index (χ2n) is 11.3. The number of alkyl halides is 1. The van der Waals surface area contributed by atoms with E-state index in [1.807, 2.05) is 0 Å². The van der Waals surface area contributed by atoms with E-state index in [0.717, 1.165) is 16.8 Å². The number of nitrogens with zero attached hydrogens (tertiary/aromatic N) is 2. The first-order valence-corrected chi connectivity index (χ1v) is 17.0. The summed E-state index contributed by atoms with van der Waals surface area (Å²) in [5.74, 6) is -7.75. The molecular formula is C26H43FN5O19P. The Morgan fingerprint density at radius 2 is 1.73 bits per heavy atom. The number of aliphatic carboxylic acids is 1. The lowest BCUT2D eigenvalue weighted by Gasteiger charge is -2.48. The number of aliphatic hydroxyl groups is 6. The maximum atomic E-state index is 15.8. The van der Waals surface area contributed by atoms with Crippen LogP contribution in [-0.2, 0) is 46.9 Å². The van der Waals surface area contributed by atoms with Gasteiger partial charge in [0.1, 0.15) is 55.2 Å². The summed E-state index contributed by atoms with van der Waals surface area (Å²) in [6, 6.07) is -0.935. The number of nitrogen functional groups attached to an aromatic ring is 1. The quantitative estimate of drug-likeness (QED) is 0.0408. The summed E-state index contributed by atoms with van der Waals surface area (Å²) in [5, 5.41) is 73.7. The SMILES string of the molecule is NCCOCCOCCOCC(=O)N[C@@H]1[C@@H](O)[C@@H](F)[C@@](OP(=O)(O)OC[C@H]2O[C@@H](n3ccc(N)nc3=O)[C@H](O)[C@@H]2O)(C(=O)O)O[C@H]1[C@H](O)[C@H](O)CO. The molecule has 1 unspecified atom stereocenters. The molecule has 1 amide bonds. The molecule has 0 aliphatic carbocycles. The fourth-order valence-corrected chi connectivity index (χ4v) is 5.95. The molecule has 12 atom stereocenters. The van der Waals surface area contributed by atoms with Crippen molar-refractivity contribution in [2.24, 2.45) is 5.73 Å². The maximum absolute atomic E-state index is 15.8. The molecule has 2 fully saturated rings. The summed E-state index contributed by atoms with van der Waals surface area (Å²) in [5.41, 5.74) is 9.71. The normalized spacial score (nSPS) is 31.5. The van der Waals surface area contributed by atoms with Crippen LogP contribution in [0.3, 0.4) is 0 Å². The van der Waals surface area contributed by atoms with E-state index >= 15 is 4.39 Å². The lowest BCUT2D eigenvalue weighted by molar-refractivity contribution is -0.314. The number of carboxylic acid groups (broad SMARTS) is 1. The summed E-state index contributed by atoms with van der Waals surface area (Å²) in [7, 11) is -5.87. The Kier molecular flexibility index (Phi) is 16.3. The number of nitrogens with two attached hydrogens (primary N) is 2.